The van der Waals surface area contributed by atoms with Crippen molar-refractivity contribution < 1.29 is 23.8 Å². The van der Waals surface area contributed by atoms with Gasteiger partial charge in [-0.15, -0.1) is 0 Å². The molecule has 2 aliphatic heterocycles. The van der Waals surface area contributed by atoms with Crippen LogP contribution in [0.15, 0.2) is 33.5 Å². The van der Waals surface area contributed by atoms with E-state index in [1.165, 1.54) is 6.07 Å². The van der Waals surface area contributed by atoms with E-state index in [1.54, 1.807) is 23.1 Å². The molecule has 0 saturated carbocycles. The number of nitrogens with zero attached hydrogens (tertiary/aromatic N) is 1. The molecule has 8 heteroatoms. The molecule has 0 spiro atoms. The summed E-state index contributed by atoms with van der Waals surface area (Å²) in [5.41, 5.74) is -0.138. The Balaban J connectivity index is 1.45. The van der Waals surface area contributed by atoms with E-state index in [4.69, 9.17) is 9.15 Å². The standard InChI is InChI=1S/C19H20N2O6/c1-11-4-17(23)27-15-5-13(2-3-14(11)15)26-8-16(22)21-7-12-6-20-9-19(12,10-21)18(24)25/h2-5,12,20H,6-10H2,1H3,(H,24,25)/t12-,19-/m0/s1. The van der Waals surface area contributed by atoms with Crippen molar-refractivity contribution in [1.82, 2.24) is 10.2 Å². The summed E-state index contributed by atoms with van der Waals surface area (Å²) in [6.07, 6.45) is 0. The van der Waals surface area contributed by atoms with Crippen LogP contribution in [0.5, 0.6) is 5.75 Å². The van der Waals surface area contributed by atoms with E-state index in [9.17, 15) is 19.5 Å². The molecular formula is C19H20N2O6. The molecule has 2 aliphatic rings. The first-order valence-corrected chi connectivity index (χ1v) is 8.78. The number of likely N-dealkylation sites (tertiary alicyclic amines) is 1. The Morgan fingerprint density at radius 2 is 2.22 bits per heavy atom. The number of hydrogen-bond donors (Lipinski definition) is 2. The molecule has 0 bridgehead atoms. The topological polar surface area (TPSA) is 109 Å². The second kappa shape index (κ2) is 6.38. The van der Waals surface area contributed by atoms with Gasteiger partial charge in [0.1, 0.15) is 16.7 Å². The molecule has 0 unspecified atom stereocenters. The molecule has 0 radical (unpaired) electrons. The van der Waals surface area contributed by atoms with Crippen LogP contribution >= 0.6 is 0 Å². The number of rotatable bonds is 4. The number of benzene rings is 1. The lowest BCUT2D eigenvalue weighted by Crippen LogP contribution is -2.42. The van der Waals surface area contributed by atoms with Gasteiger partial charge < -0.3 is 24.5 Å². The molecule has 2 fully saturated rings. The fourth-order valence-electron chi connectivity index (χ4n) is 4.04. The summed E-state index contributed by atoms with van der Waals surface area (Å²) < 4.78 is 10.7. The first-order chi connectivity index (χ1) is 12.9. The maximum atomic E-state index is 12.5. The lowest BCUT2D eigenvalue weighted by molar-refractivity contribution is -0.148. The molecule has 3 heterocycles. The lowest BCUT2D eigenvalue weighted by atomic mass is 9.81. The second-order valence-electron chi connectivity index (χ2n) is 7.26. The van der Waals surface area contributed by atoms with Crippen molar-refractivity contribution in [3.8, 4) is 5.75 Å². The number of carboxylic acids is 1. The average Bonchev–Trinajstić information content (AvgIpc) is 3.17. The van der Waals surface area contributed by atoms with Crippen LogP contribution in [0.2, 0.25) is 0 Å². The Hall–Kier alpha value is -2.87. The van der Waals surface area contributed by atoms with Crippen molar-refractivity contribution in [3.63, 3.8) is 0 Å². The van der Waals surface area contributed by atoms with Gasteiger partial charge in [0.15, 0.2) is 6.61 Å². The lowest BCUT2D eigenvalue weighted by Gasteiger charge is -2.22. The van der Waals surface area contributed by atoms with E-state index >= 15 is 0 Å². The smallest absolute Gasteiger partial charge is 0.336 e. The molecule has 1 amide bonds. The number of hydrogen-bond acceptors (Lipinski definition) is 6. The fraction of sp³-hybridized carbons (Fsp3) is 0.421. The van der Waals surface area contributed by atoms with Gasteiger partial charge >= 0.3 is 11.6 Å². The molecule has 1 aromatic carbocycles. The summed E-state index contributed by atoms with van der Waals surface area (Å²) in [5.74, 6) is -0.792. The Kier molecular flexibility index (Phi) is 4.15. The minimum Gasteiger partial charge on any atom is -0.484 e. The number of fused-ring (bicyclic) bond motifs is 2. The van der Waals surface area contributed by atoms with E-state index in [0.29, 0.717) is 31.0 Å². The van der Waals surface area contributed by atoms with Crippen LogP contribution in [0.1, 0.15) is 5.56 Å². The van der Waals surface area contributed by atoms with Gasteiger partial charge in [-0.3, -0.25) is 9.59 Å². The van der Waals surface area contributed by atoms with E-state index in [1.807, 2.05) is 6.92 Å². The van der Waals surface area contributed by atoms with Crippen LogP contribution in [-0.2, 0) is 9.59 Å². The quantitative estimate of drug-likeness (QED) is 0.757. The molecule has 4 rings (SSSR count). The molecular weight excluding hydrogens is 352 g/mol. The van der Waals surface area contributed by atoms with Crippen molar-refractivity contribution >= 4 is 22.8 Å². The molecule has 0 aliphatic carbocycles. The first kappa shape index (κ1) is 17.5. The zero-order valence-corrected chi connectivity index (χ0v) is 14.9. The molecule has 142 valence electrons. The van der Waals surface area contributed by atoms with Gasteiger partial charge in [-0.25, -0.2) is 4.79 Å². The Morgan fingerprint density at radius 1 is 1.41 bits per heavy atom. The first-order valence-electron chi connectivity index (χ1n) is 8.78. The molecule has 2 N–H and O–H groups in total. The Morgan fingerprint density at radius 3 is 2.96 bits per heavy atom. The maximum absolute atomic E-state index is 12.5. The summed E-state index contributed by atoms with van der Waals surface area (Å²) >= 11 is 0. The molecule has 1 aromatic heterocycles. The predicted octanol–water partition coefficient (Wildman–Crippen LogP) is 0.613. The maximum Gasteiger partial charge on any atom is 0.336 e. The molecule has 2 saturated heterocycles. The van der Waals surface area contributed by atoms with Crippen molar-refractivity contribution in [2.45, 2.75) is 6.92 Å². The SMILES string of the molecule is Cc1cc(=O)oc2cc(OCC(=O)N3C[C@@H]4CNC[C@]4(C(=O)O)C3)ccc12. The Labute approximate surface area is 154 Å². The minimum atomic E-state index is -0.903. The molecule has 27 heavy (non-hydrogen) atoms. The number of carbonyl (C=O) groups excluding carboxylic acids is 1. The van der Waals surface area contributed by atoms with Crippen molar-refractivity contribution in [3.05, 3.63) is 40.2 Å². The van der Waals surface area contributed by atoms with E-state index in [-0.39, 0.29) is 25.0 Å². The van der Waals surface area contributed by atoms with Gasteiger partial charge in [0, 0.05) is 49.6 Å². The highest BCUT2D eigenvalue weighted by atomic mass is 16.5. The average molecular weight is 372 g/mol. The van der Waals surface area contributed by atoms with Gasteiger partial charge in [-0.1, -0.05) is 0 Å². The van der Waals surface area contributed by atoms with Crippen LogP contribution in [0.4, 0.5) is 0 Å². The second-order valence-corrected chi connectivity index (χ2v) is 7.26. The van der Waals surface area contributed by atoms with Gasteiger partial charge in [0.05, 0.1) is 0 Å². The number of carboxylic acid groups (broad SMARTS) is 1. The van der Waals surface area contributed by atoms with E-state index in [2.05, 4.69) is 5.32 Å². The number of amides is 1. The van der Waals surface area contributed by atoms with Crippen LogP contribution in [0.3, 0.4) is 0 Å². The largest absolute Gasteiger partial charge is 0.484 e. The van der Waals surface area contributed by atoms with Crippen LogP contribution in [0.25, 0.3) is 11.0 Å². The number of nitrogens with one attached hydrogen (secondary N) is 1. The monoisotopic (exact) mass is 372 g/mol. The highest BCUT2D eigenvalue weighted by molar-refractivity contribution is 5.83. The van der Waals surface area contributed by atoms with E-state index in [0.717, 1.165) is 10.9 Å². The third-order valence-electron chi connectivity index (χ3n) is 5.59. The molecule has 8 nitrogen and oxygen atoms in total. The van der Waals surface area contributed by atoms with Crippen molar-refractivity contribution in [2.75, 3.05) is 32.8 Å². The number of aryl methyl sites for hydroxylation is 1. The molecule has 2 atom stereocenters. The van der Waals surface area contributed by atoms with Gasteiger partial charge in [0.25, 0.3) is 5.91 Å². The third-order valence-corrected chi connectivity index (χ3v) is 5.59. The minimum absolute atomic E-state index is 0.0862. The highest BCUT2D eigenvalue weighted by Gasteiger charge is 2.56. The normalized spacial score (nSPS) is 24.2. The predicted molar refractivity (Wildman–Crippen MR) is 95.7 cm³/mol. The fourth-order valence-corrected chi connectivity index (χ4v) is 4.04. The van der Waals surface area contributed by atoms with Crippen molar-refractivity contribution in [1.29, 1.82) is 0 Å². The van der Waals surface area contributed by atoms with Gasteiger partial charge in [-0.2, -0.15) is 0 Å². The zero-order valence-electron chi connectivity index (χ0n) is 14.9. The summed E-state index contributed by atoms with van der Waals surface area (Å²) in [6, 6.07) is 6.49. The van der Waals surface area contributed by atoms with Crippen LogP contribution in [0, 0.1) is 18.3 Å². The number of ether oxygens (including phenoxy) is 1. The summed E-state index contributed by atoms with van der Waals surface area (Å²) in [4.78, 5) is 37.3. The zero-order chi connectivity index (χ0) is 19.2. The van der Waals surface area contributed by atoms with Crippen LogP contribution < -0.4 is 15.7 Å². The van der Waals surface area contributed by atoms with Crippen molar-refractivity contribution in [2.24, 2.45) is 11.3 Å². The summed E-state index contributed by atoms with van der Waals surface area (Å²) in [5, 5.41) is 13.5. The summed E-state index contributed by atoms with van der Waals surface area (Å²) in [7, 11) is 0. The summed E-state index contributed by atoms with van der Waals surface area (Å²) in [6.45, 7) is 3.19. The Bertz CT molecular complexity index is 984. The molecule has 2 aromatic rings. The van der Waals surface area contributed by atoms with E-state index < -0.39 is 17.0 Å². The number of carbonyl (C=O) groups is 2. The third kappa shape index (κ3) is 2.95. The van der Waals surface area contributed by atoms with Crippen LogP contribution in [-0.4, -0.2) is 54.7 Å². The van der Waals surface area contributed by atoms with Gasteiger partial charge in [0.2, 0.25) is 0 Å². The highest BCUT2D eigenvalue weighted by Crippen LogP contribution is 2.39. The van der Waals surface area contributed by atoms with Gasteiger partial charge in [-0.05, 0) is 24.6 Å². The number of aliphatic carboxylic acids is 1.